The van der Waals surface area contributed by atoms with Crippen LogP contribution in [0.25, 0.3) is 0 Å². The molecular weight excluding hydrogens is 312 g/mol. The van der Waals surface area contributed by atoms with E-state index in [0.29, 0.717) is 0 Å². The van der Waals surface area contributed by atoms with Crippen molar-refractivity contribution in [3.05, 3.63) is 0 Å². The van der Waals surface area contributed by atoms with Gasteiger partial charge in [-0.05, 0) is 6.42 Å². The van der Waals surface area contributed by atoms with E-state index < -0.39 is 42.7 Å². The van der Waals surface area contributed by atoms with E-state index in [1.54, 1.807) is 6.07 Å². The number of aliphatic hydroxyl groups is 2. The summed E-state index contributed by atoms with van der Waals surface area (Å²) in [6.45, 7) is -0.675. The molecule has 0 aliphatic carbocycles. The van der Waals surface area contributed by atoms with E-state index in [1.807, 2.05) is 0 Å². The van der Waals surface area contributed by atoms with Gasteiger partial charge in [0.1, 0.15) is 24.1 Å². The third kappa shape index (κ3) is 10.3. The van der Waals surface area contributed by atoms with E-state index in [9.17, 15) is 14.4 Å². The highest BCUT2D eigenvalue weighted by molar-refractivity contribution is 5.84. The Morgan fingerprint density at radius 2 is 1.65 bits per heavy atom. The van der Waals surface area contributed by atoms with Crippen LogP contribution >= 0.6 is 0 Å². The second-order valence-electron chi connectivity index (χ2n) is 4.48. The molecule has 0 aromatic carbocycles. The number of aliphatic carboxylic acids is 2. The average Bonchev–Trinajstić information content (AvgIpc) is 2.52. The van der Waals surface area contributed by atoms with Crippen LogP contribution < -0.4 is 17.2 Å². The molecule has 23 heavy (non-hydrogen) atoms. The van der Waals surface area contributed by atoms with Crippen molar-refractivity contribution in [1.82, 2.24) is 0 Å². The molecular formula is C12H22N4O7. The molecule has 1 unspecified atom stereocenters. The zero-order chi connectivity index (χ0) is 18.6. The fourth-order valence-corrected chi connectivity index (χ4v) is 1.13. The van der Waals surface area contributed by atoms with Crippen molar-refractivity contribution in [2.24, 2.45) is 23.1 Å². The van der Waals surface area contributed by atoms with Gasteiger partial charge in [-0.3, -0.25) is 14.4 Å². The van der Waals surface area contributed by atoms with Crippen molar-refractivity contribution in [2.45, 2.75) is 31.0 Å². The molecule has 132 valence electrons. The van der Waals surface area contributed by atoms with Crippen molar-refractivity contribution in [2.75, 3.05) is 13.2 Å². The van der Waals surface area contributed by atoms with Crippen molar-refractivity contribution in [3.8, 4) is 6.07 Å². The van der Waals surface area contributed by atoms with Gasteiger partial charge in [-0.1, -0.05) is 0 Å². The maximum Gasteiger partial charge on any atom is 0.323 e. The Morgan fingerprint density at radius 3 is 1.91 bits per heavy atom. The summed E-state index contributed by atoms with van der Waals surface area (Å²) in [5, 5.41) is 41.7. The Kier molecular flexibility index (Phi) is 12.5. The molecule has 0 saturated heterocycles. The summed E-state index contributed by atoms with van der Waals surface area (Å²) in [6, 6.07) is -0.711. The van der Waals surface area contributed by atoms with Crippen LogP contribution in [0, 0.1) is 17.2 Å². The van der Waals surface area contributed by atoms with Crippen LogP contribution in [0.2, 0.25) is 0 Å². The topological polar surface area (TPSA) is 234 Å². The van der Waals surface area contributed by atoms with Crippen molar-refractivity contribution >= 4 is 17.7 Å². The summed E-state index contributed by atoms with van der Waals surface area (Å²) in [5.74, 6) is -3.68. The summed E-state index contributed by atoms with van der Waals surface area (Å²) in [7, 11) is 0. The highest BCUT2D eigenvalue weighted by Gasteiger charge is 2.20. The zero-order valence-corrected chi connectivity index (χ0v) is 12.3. The molecule has 0 aromatic rings. The average molecular weight is 334 g/mol. The van der Waals surface area contributed by atoms with Gasteiger partial charge in [0.25, 0.3) is 0 Å². The normalized spacial score (nSPS) is 15.1. The lowest BCUT2D eigenvalue weighted by Gasteiger charge is -2.10. The quantitative estimate of drug-likeness (QED) is 0.219. The number of carbonyl (C=O) groups excluding carboxylic acids is 1. The van der Waals surface area contributed by atoms with Crippen LogP contribution in [-0.2, 0) is 14.4 Å². The molecule has 0 saturated carbocycles. The fourth-order valence-electron chi connectivity index (χ4n) is 1.13. The van der Waals surface area contributed by atoms with Crippen LogP contribution in [0.5, 0.6) is 0 Å². The highest BCUT2D eigenvalue weighted by Crippen LogP contribution is 2.03. The van der Waals surface area contributed by atoms with Crippen LogP contribution in [-0.4, -0.2) is 69.5 Å². The first kappa shape index (κ1) is 23.2. The number of ketones is 1. The van der Waals surface area contributed by atoms with Crippen molar-refractivity contribution in [1.29, 1.82) is 5.26 Å². The Balaban J connectivity index is 0. The lowest BCUT2D eigenvalue weighted by molar-refractivity contribution is -0.142. The number of aliphatic hydroxyl groups excluding tert-OH is 2. The Labute approximate surface area is 132 Å². The van der Waals surface area contributed by atoms with Crippen molar-refractivity contribution < 1.29 is 34.8 Å². The van der Waals surface area contributed by atoms with E-state index >= 15 is 0 Å². The van der Waals surface area contributed by atoms with E-state index in [-0.39, 0.29) is 25.2 Å². The Morgan fingerprint density at radius 1 is 1.13 bits per heavy atom. The van der Waals surface area contributed by atoms with Gasteiger partial charge in [-0.25, -0.2) is 0 Å². The van der Waals surface area contributed by atoms with Gasteiger partial charge in [0.2, 0.25) is 0 Å². The number of hydrogen-bond acceptors (Lipinski definition) is 9. The van der Waals surface area contributed by atoms with Crippen LogP contribution in [0.1, 0.15) is 12.8 Å². The Bertz CT molecular complexity index is 438. The van der Waals surface area contributed by atoms with Crippen molar-refractivity contribution in [3.63, 3.8) is 0 Å². The zero-order valence-electron chi connectivity index (χ0n) is 12.3. The molecule has 0 fully saturated rings. The van der Waals surface area contributed by atoms with Gasteiger partial charge in [0.15, 0.2) is 5.78 Å². The van der Waals surface area contributed by atoms with E-state index in [2.05, 4.69) is 0 Å². The van der Waals surface area contributed by atoms with E-state index in [0.717, 1.165) is 0 Å². The summed E-state index contributed by atoms with van der Waals surface area (Å²) < 4.78 is 0. The van der Waals surface area contributed by atoms with Gasteiger partial charge >= 0.3 is 11.9 Å². The smallest absolute Gasteiger partial charge is 0.323 e. The summed E-state index contributed by atoms with van der Waals surface area (Å²) in [5.41, 5.74) is 15.2. The molecule has 0 heterocycles. The van der Waals surface area contributed by atoms with Crippen LogP contribution in [0.3, 0.4) is 0 Å². The lowest BCUT2D eigenvalue weighted by atomic mass is 10.00. The summed E-state index contributed by atoms with van der Waals surface area (Å²) in [6.07, 6.45) is -1.36. The van der Waals surface area contributed by atoms with Gasteiger partial charge in [-0.15, -0.1) is 0 Å². The van der Waals surface area contributed by atoms with Gasteiger partial charge in [0, 0.05) is 13.0 Å². The monoisotopic (exact) mass is 334 g/mol. The number of hydrogen-bond donors (Lipinski definition) is 7. The third-order valence-corrected chi connectivity index (χ3v) is 2.69. The predicted octanol–water partition coefficient (Wildman–Crippen LogP) is -3.40. The Hall–Kier alpha value is -2.10. The number of carbonyl (C=O) groups is 3. The number of nitrogens with zero attached hydrogens (tertiary/aromatic N) is 1. The maximum atomic E-state index is 11.2. The fraction of sp³-hybridized carbons (Fsp3) is 0.667. The summed E-state index contributed by atoms with van der Waals surface area (Å²) >= 11 is 0. The molecule has 0 aromatic heterocycles. The molecule has 0 bridgehead atoms. The lowest BCUT2D eigenvalue weighted by Crippen LogP contribution is -2.43. The van der Waals surface area contributed by atoms with Gasteiger partial charge in [-0.2, -0.15) is 5.26 Å². The first-order valence-electron chi connectivity index (χ1n) is 6.50. The number of carboxylic acids is 2. The molecule has 0 aliphatic heterocycles. The maximum absolute atomic E-state index is 11.2. The second kappa shape index (κ2) is 12.4. The minimum absolute atomic E-state index is 0.0249. The number of nitriles is 1. The third-order valence-electron chi connectivity index (χ3n) is 2.69. The standard InChI is InChI=1S/C8H13N3O3.C4H9NO4/c9-3-5(4-10)7(12)2-1-6(11)8(13)14;5-3(4(8)9)2(7)1-6/h5-6H,1-3,9,11H2,(H,13,14);2-3,6-7H,1,5H2,(H,8,9)/t5?,6-;2-,3+/m01/s1. The molecule has 11 nitrogen and oxygen atoms in total. The highest BCUT2D eigenvalue weighted by atomic mass is 16.4. The molecule has 0 aliphatic rings. The first-order chi connectivity index (χ1) is 10.6. The molecule has 0 radical (unpaired) electrons. The first-order valence-corrected chi connectivity index (χ1v) is 6.50. The molecule has 0 spiro atoms. The molecule has 10 N–H and O–H groups in total. The van der Waals surface area contributed by atoms with E-state index in [4.69, 9.17) is 42.9 Å². The summed E-state index contributed by atoms with van der Waals surface area (Å²) in [4.78, 5) is 31.4. The second-order valence-corrected chi connectivity index (χ2v) is 4.48. The largest absolute Gasteiger partial charge is 0.480 e. The van der Waals surface area contributed by atoms with Crippen LogP contribution in [0.4, 0.5) is 0 Å². The SMILES string of the molecule is N#CC(CN)C(=O)CC[C@H](N)C(=O)O.N[C@H](C(=O)O)[C@H](O)CO. The van der Waals surface area contributed by atoms with Gasteiger partial charge < -0.3 is 37.6 Å². The minimum Gasteiger partial charge on any atom is -0.480 e. The molecule has 0 rings (SSSR count). The number of rotatable bonds is 9. The molecule has 11 heteroatoms. The number of nitrogens with two attached hydrogens (primary N) is 3. The minimum atomic E-state index is -1.39. The van der Waals surface area contributed by atoms with E-state index in [1.165, 1.54) is 0 Å². The predicted molar refractivity (Wildman–Crippen MR) is 76.7 cm³/mol. The number of carboxylic acid groups (broad SMARTS) is 2. The van der Waals surface area contributed by atoms with Crippen LogP contribution in [0.15, 0.2) is 0 Å². The molecule has 4 atom stereocenters. The molecule has 0 amide bonds. The number of Topliss-reactive ketones (excluding diaryl/α,β-unsaturated/α-hetero) is 1. The van der Waals surface area contributed by atoms with Gasteiger partial charge in [0.05, 0.1) is 12.7 Å².